The molecule has 6 nitrogen and oxygen atoms in total. The molecular formula is C15H18N2O4. The Labute approximate surface area is 122 Å². The van der Waals surface area contributed by atoms with Crippen LogP contribution in [-0.4, -0.2) is 11.1 Å². The van der Waals surface area contributed by atoms with E-state index in [2.05, 4.69) is 5.32 Å². The molecule has 112 valence electrons. The van der Waals surface area contributed by atoms with Crippen LogP contribution in [0, 0.1) is 0 Å². The number of aliphatic hydroxyl groups is 1. The number of urea groups is 1. The Morgan fingerprint density at radius 2 is 2.00 bits per heavy atom. The molecule has 1 heterocycles. The van der Waals surface area contributed by atoms with E-state index in [1.165, 1.54) is 6.92 Å². The minimum atomic E-state index is -1.65. The maximum absolute atomic E-state index is 10.8. The van der Waals surface area contributed by atoms with E-state index < -0.39 is 11.8 Å². The molecule has 21 heavy (non-hydrogen) atoms. The molecule has 0 aliphatic carbocycles. The Balaban J connectivity index is 1.90. The zero-order valence-corrected chi connectivity index (χ0v) is 11.7. The number of ether oxygens (including phenoxy) is 1. The number of amides is 2. The van der Waals surface area contributed by atoms with Gasteiger partial charge in [-0.3, -0.25) is 0 Å². The summed E-state index contributed by atoms with van der Waals surface area (Å²) in [4.78, 5) is 10.8. The summed E-state index contributed by atoms with van der Waals surface area (Å²) in [6.45, 7) is 2.11. The van der Waals surface area contributed by atoms with Crippen molar-refractivity contribution in [2.75, 3.05) is 0 Å². The van der Waals surface area contributed by atoms with Gasteiger partial charge in [0.25, 0.3) is 0 Å². The summed E-state index contributed by atoms with van der Waals surface area (Å²) in [5.41, 5.74) is 4.40. The van der Waals surface area contributed by atoms with Crippen molar-refractivity contribution in [1.82, 2.24) is 5.32 Å². The lowest BCUT2D eigenvalue weighted by molar-refractivity contribution is 0.00773. The van der Waals surface area contributed by atoms with Gasteiger partial charge in [-0.05, 0) is 24.6 Å². The van der Waals surface area contributed by atoms with Crippen molar-refractivity contribution in [2.45, 2.75) is 25.9 Å². The van der Waals surface area contributed by atoms with E-state index in [4.69, 9.17) is 14.9 Å². The Bertz CT molecular complexity index is 593. The van der Waals surface area contributed by atoms with Crippen molar-refractivity contribution in [3.63, 3.8) is 0 Å². The van der Waals surface area contributed by atoms with Crippen molar-refractivity contribution in [3.8, 4) is 0 Å². The van der Waals surface area contributed by atoms with E-state index in [-0.39, 0.29) is 12.4 Å². The minimum Gasteiger partial charge on any atom is -0.458 e. The molecule has 0 spiro atoms. The third kappa shape index (κ3) is 4.34. The third-order valence-corrected chi connectivity index (χ3v) is 2.86. The van der Waals surface area contributed by atoms with Crippen LogP contribution in [0.1, 0.15) is 24.0 Å². The Morgan fingerprint density at radius 3 is 2.67 bits per heavy atom. The minimum absolute atomic E-state index is 0.194. The number of hydrogen-bond donors (Lipinski definition) is 3. The van der Waals surface area contributed by atoms with Crippen LogP contribution in [0.3, 0.4) is 0 Å². The molecule has 1 atom stereocenters. The molecule has 2 amide bonds. The Morgan fingerprint density at radius 1 is 1.29 bits per heavy atom. The molecule has 0 saturated heterocycles. The van der Waals surface area contributed by atoms with E-state index in [0.29, 0.717) is 12.4 Å². The van der Waals surface area contributed by atoms with Gasteiger partial charge in [-0.1, -0.05) is 30.3 Å². The van der Waals surface area contributed by atoms with Gasteiger partial charge >= 0.3 is 6.03 Å². The average molecular weight is 290 g/mol. The van der Waals surface area contributed by atoms with Crippen molar-refractivity contribution in [2.24, 2.45) is 5.73 Å². The summed E-state index contributed by atoms with van der Waals surface area (Å²) in [6, 6.07) is 12.2. The quantitative estimate of drug-likeness (QED) is 0.707. The van der Waals surface area contributed by atoms with E-state index in [9.17, 15) is 9.90 Å². The first-order valence-corrected chi connectivity index (χ1v) is 6.48. The second-order valence-electron chi connectivity index (χ2n) is 4.81. The molecule has 2 rings (SSSR count). The van der Waals surface area contributed by atoms with E-state index in [1.807, 2.05) is 30.3 Å². The van der Waals surface area contributed by atoms with Crippen LogP contribution in [-0.2, 0) is 23.7 Å². The molecule has 0 aliphatic heterocycles. The predicted octanol–water partition coefficient (Wildman–Crippen LogP) is 1.83. The zero-order chi connectivity index (χ0) is 15.3. The number of furan rings is 1. The third-order valence-electron chi connectivity index (χ3n) is 2.86. The highest BCUT2D eigenvalue weighted by Crippen LogP contribution is 2.21. The monoisotopic (exact) mass is 290 g/mol. The first kappa shape index (κ1) is 15.1. The van der Waals surface area contributed by atoms with Crippen molar-refractivity contribution >= 4 is 6.03 Å². The standard InChI is InChI=1S/C15H18N2O4/c1-15(19,17-14(16)18)13-8-7-12(21-13)10-20-9-11-5-3-2-4-6-11/h2-8,19H,9-10H2,1H3,(H3,16,17,18). The summed E-state index contributed by atoms with van der Waals surface area (Å²) in [7, 11) is 0. The first-order chi connectivity index (χ1) is 9.97. The maximum Gasteiger partial charge on any atom is 0.314 e. The first-order valence-electron chi connectivity index (χ1n) is 6.48. The summed E-state index contributed by atoms with van der Waals surface area (Å²) in [5, 5.41) is 12.2. The average Bonchev–Trinajstić information content (AvgIpc) is 2.88. The number of hydrogen-bond acceptors (Lipinski definition) is 4. The van der Waals surface area contributed by atoms with Crippen LogP contribution >= 0.6 is 0 Å². The van der Waals surface area contributed by atoms with Gasteiger partial charge in [0, 0.05) is 0 Å². The maximum atomic E-state index is 10.8. The number of rotatable bonds is 6. The number of primary amides is 1. The number of nitrogens with two attached hydrogens (primary N) is 1. The Kier molecular flexibility index (Phi) is 4.62. The SMILES string of the molecule is CC(O)(NC(N)=O)c1ccc(COCc2ccccc2)o1. The lowest BCUT2D eigenvalue weighted by Crippen LogP contribution is -2.45. The fourth-order valence-corrected chi connectivity index (χ4v) is 1.86. The van der Waals surface area contributed by atoms with Crippen LogP contribution in [0.2, 0.25) is 0 Å². The van der Waals surface area contributed by atoms with Gasteiger partial charge < -0.3 is 25.3 Å². The molecule has 1 aromatic heterocycles. The summed E-state index contributed by atoms with van der Waals surface area (Å²) in [5.74, 6) is 0.743. The normalized spacial score (nSPS) is 13.6. The molecule has 0 saturated carbocycles. The number of nitrogens with one attached hydrogen (secondary N) is 1. The molecule has 0 fully saturated rings. The summed E-state index contributed by atoms with van der Waals surface area (Å²) < 4.78 is 11.0. The molecule has 2 aromatic rings. The van der Waals surface area contributed by atoms with Gasteiger partial charge in [0.05, 0.1) is 6.61 Å². The second kappa shape index (κ2) is 6.43. The van der Waals surface area contributed by atoms with Gasteiger partial charge in [-0.2, -0.15) is 0 Å². The van der Waals surface area contributed by atoms with E-state index in [0.717, 1.165) is 5.56 Å². The van der Waals surface area contributed by atoms with Crippen molar-refractivity contribution in [3.05, 3.63) is 59.5 Å². The molecule has 6 heteroatoms. The highest BCUT2D eigenvalue weighted by Gasteiger charge is 2.28. The summed E-state index contributed by atoms with van der Waals surface area (Å²) in [6.07, 6.45) is 0. The number of carbonyl (C=O) groups excluding carboxylic acids is 1. The highest BCUT2D eigenvalue weighted by atomic mass is 16.5. The van der Waals surface area contributed by atoms with Crippen LogP contribution < -0.4 is 11.1 Å². The van der Waals surface area contributed by atoms with Gasteiger partial charge in [-0.15, -0.1) is 0 Å². The molecule has 1 aromatic carbocycles. The lowest BCUT2D eigenvalue weighted by Gasteiger charge is -2.20. The second-order valence-corrected chi connectivity index (χ2v) is 4.81. The van der Waals surface area contributed by atoms with Gasteiger partial charge in [0.2, 0.25) is 0 Å². The van der Waals surface area contributed by atoms with Crippen LogP contribution in [0.4, 0.5) is 4.79 Å². The van der Waals surface area contributed by atoms with Crippen LogP contribution in [0.15, 0.2) is 46.9 Å². The molecule has 0 aliphatic rings. The predicted molar refractivity (Wildman–Crippen MR) is 75.9 cm³/mol. The van der Waals surface area contributed by atoms with Gasteiger partial charge in [0.15, 0.2) is 11.5 Å². The van der Waals surface area contributed by atoms with Crippen LogP contribution in [0.25, 0.3) is 0 Å². The summed E-state index contributed by atoms with van der Waals surface area (Å²) >= 11 is 0. The smallest absolute Gasteiger partial charge is 0.314 e. The Hall–Kier alpha value is -2.31. The highest BCUT2D eigenvalue weighted by molar-refractivity contribution is 5.72. The largest absolute Gasteiger partial charge is 0.458 e. The van der Waals surface area contributed by atoms with Crippen molar-refractivity contribution in [1.29, 1.82) is 0 Å². The molecule has 4 N–H and O–H groups in total. The van der Waals surface area contributed by atoms with Gasteiger partial charge in [-0.25, -0.2) is 4.79 Å². The fourth-order valence-electron chi connectivity index (χ4n) is 1.86. The van der Waals surface area contributed by atoms with Crippen LogP contribution in [0.5, 0.6) is 0 Å². The molecule has 1 unspecified atom stereocenters. The van der Waals surface area contributed by atoms with Crippen molar-refractivity contribution < 1.29 is 19.1 Å². The van der Waals surface area contributed by atoms with E-state index >= 15 is 0 Å². The molecular weight excluding hydrogens is 272 g/mol. The zero-order valence-electron chi connectivity index (χ0n) is 11.7. The van der Waals surface area contributed by atoms with E-state index in [1.54, 1.807) is 12.1 Å². The molecule has 0 bridgehead atoms. The van der Waals surface area contributed by atoms with Gasteiger partial charge in [0.1, 0.15) is 12.4 Å². The molecule has 0 radical (unpaired) electrons. The topological polar surface area (TPSA) is 97.7 Å². The lowest BCUT2D eigenvalue weighted by atomic mass is 10.2. The fraction of sp³-hybridized carbons (Fsp3) is 0.267. The number of benzene rings is 1. The number of carbonyl (C=O) groups is 1.